The van der Waals surface area contributed by atoms with Crippen molar-refractivity contribution >= 4 is 23.5 Å². The molecule has 3 aromatic rings. The lowest BCUT2D eigenvalue weighted by Crippen LogP contribution is -2.04. The van der Waals surface area contributed by atoms with Crippen molar-refractivity contribution in [2.45, 2.75) is 6.92 Å². The summed E-state index contributed by atoms with van der Waals surface area (Å²) in [4.78, 5) is 12.3. The van der Waals surface area contributed by atoms with E-state index < -0.39 is 0 Å². The fourth-order valence-electron chi connectivity index (χ4n) is 2.94. The van der Waals surface area contributed by atoms with Gasteiger partial charge in [-0.25, -0.2) is 0 Å². The first-order valence-corrected chi connectivity index (χ1v) is 8.05. The van der Waals surface area contributed by atoms with Gasteiger partial charge in [-0.15, -0.1) is 0 Å². The number of furan rings is 1. The van der Waals surface area contributed by atoms with Crippen LogP contribution < -0.4 is 0 Å². The maximum absolute atomic E-state index is 12.3. The van der Waals surface area contributed by atoms with Crippen LogP contribution in [0.2, 0.25) is 0 Å². The fourth-order valence-corrected chi connectivity index (χ4v) is 2.94. The van der Waals surface area contributed by atoms with Gasteiger partial charge in [0.1, 0.15) is 5.76 Å². The van der Waals surface area contributed by atoms with Crippen molar-refractivity contribution in [2.24, 2.45) is 0 Å². The average Bonchev–Trinajstić information content (AvgIpc) is 2.99. The van der Waals surface area contributed by atoms with E-state index in [0.29, 0.717) is 16.9 Å². The van der Waals surface area contributed by atoms with E-state index in [2.05, 4.69) is 0 Å². The summed E-state index contributed by atoms with van der Waals surface area (Å²) in [6.07, 6.45) is 5.04. The van der Waals surface area contributed by atoms with E-state index >= 15 is 0 Å². The first-order chi connectivity index (χ1) is 12.1. The maximum atomic E-state index is 12.3. The number of benzene rings is 2. The van der Waals surface area contributed by atoms with Crippen molar-refractivity contribution in [3.05, 3.63) is 82.9 Å². The Labute approximate surface area is 145 Å². The third-order valence-electron chi connectivity index (χ3n) is 4.31. The Bertz CT molecular complexity index is 1020. The smallest absolute Gasteiger partial charge is 0.289 e. The van der Waals surface area contributed by atoms with Crippen LogP contribution in [0.15, 0.2) is 65.1 Å². The van der Waals surface area contributed by atoms with E-state index in [1.165, 1.54) is 0 Å². The molecule has 4 rings (SSSR count). The predicted octanol–water partition coefficient (Wildman–Crippen LogP) is 5.10. The lowest BCUT2D eigenvalue weighted by Gasteiger charge is -2.12. The van der Waals surface area contributed by atoms with Gasteiger partial charge < -0.3 is 9.52 Å². The minimum Gasteiger partial charge on any atom is -0.480 e. The number of hydrogen-bond donors (Lipinski definition) is 1. The second-order valence-electron chi connectivity index (χ2n) is 6.08. The largest absolute Gasteiger partial charge is 0.480 e. The molecule has 0 radical (unpaired) electrons. The zero-order valence-corrected chi connectivity index (χ0v) is 13.7. The summed E-state index contributed by atoms with van der Waals surface area (Å²) in [6.45, 7) is 2.01. The van der Waals surface area contributed by atoms with Gasteiger partial charge in [0.05, 0.1) is 5.56 Å². The number of aromatic hydroxyl groups is 1. The molecule has 1 aromatic heterocycles. The number of ketones is 1. The third-order valence-corrected chi connectivity index (χ3v) is 4.31. The van der Waals surface area contributed by atoms with Crippen LogP contribution in [0.25, 0.3) is 29.0 Å². The molecule has 0 spiro atoms. The molecule has 0 unspecified atom stereocenters. The minimum absolute atomic E-state index is 0.0869. The van der Waals surface area contributed by atoms with Gasteiger partial charge in [0.15, 0.2) is 5.78 Å². The number of carbonyl (C=O) groups excluding carboxylic acids is 1. The van der Waals surface area contributed by atoms with Crippen molar-refractivity contribution in [1.82, 2.24) is 0 Å². The van der Waals surface area contributed by atoms with Gasteiger partial charge in [0.2, 0.25) is 0 Å². The van der Waals surface area contributed by atoms with E-state index in [0.717, 1.165) is 22.3 Å². The molecule has 25 heavy (non-hydrogen) atoms. The van der Waals surface area contributed by atoms with Gasteiger partial charge in [-0.3, -0.25) is 4.79 Å². The van der Waals surface area contributed by atoms with E-state index in [1.807, 2.05) is 61.5 Å². The first kappa shape index (κ1) is 15.2. The van der Waals surface area contributed by atoms with Gasteiger partial charge in [-0.2, -0.15) is 0 Å². The van der Waals surface area contributed by atoms with Crippen LogP contribution in [-0.2, 0) is 4.79 Å². The summed E-state index contributed by atoms with van der Waals surface area (Å²) >= 11 is 0. The Morgan fingerprint density at radius 2 is 1.76 bits per heavy atom. The molecule has 1 aliphatic rings. The summed E-state index contributed by atoms with van der Waals surface area (Å²) in [5.41, 5.74) is 4.90. The summed E-state index contributed by atoms with van der Waals surface area (Å²) in [5, 5.41) is 10.2. The second-order valence-corrected chi connectivity index (χ2v) is 6.08. The molecular formula is C22H16O3. The normalized spacial score (nSPS) is 14.8. The summed E-state index contributed by atoms with van der Waals surface area (Å²) in [6, 6.07) is 17.3. The highest BCUT2D eigenvalue weighted by atomic mass is 16.5. The summed E-state index contributed by atoms with van der Waals surface area (Å²) in [5.74, 6) is 0.288. The molecule has 0 amide bonds. The zero-order chi connectivity index (χ0) is 17.4. The van der Waals surface area contributed by atoms with Crippen LogP contribution in [-0.4, -0.2) is 10.9 Å². The number of fused-ring (bicyclic) bond motifs is 1. The Morgan fingerprint density at radius 1 is 1.00 bits per heavy atom. The molecule has 0 bridgehead atoms. The molecule has 1 N–H and O–H groups in total. The lowest BCUT2D eigenvalue weighted by molar-refractivity contribution is -0.109. The van der Waals surface area contributed by atoms with Crippen LogP contribution in [0, 0.1) is 6.92 Å². The molecule has 0 saturated carbocycles. The Hall–Kier alpha value is -3.33. The molecule has 0 aliphatic heterocycles. The van der Waals surface area contributed by atoms with Crippen LogP contribution in [0.3, 0.4) is 0 Å². The van der Waals surface area contributed by atoms with Gasteiger partial charge in [-0.1, -0.05) is 60.2 Å². The topological polar surface area (TPSA) is 50.4 Å². The number of rotatable bonds is 2. The minimum atomic E-state index is -0.192. The monoisotopic (exact) mass is 328 g/mol. The number of carbonyl (C=O) groups is 1. The molecule has 0 atom stereocenters. The summed E-state index contributed by atoms with van der Waals surface area (Å²) in [7, 11) is 0. The molecular weight excluding hydrogens is 312 g/mol. The number of allylic oxidation sites excluding steroid dienone is 2. The van der Waals surface area contributed by atoms with Gasteiger partial charge in [0.25, 0.3) is 5.95 Å². The summed E-state index contributed by atoms with van der Waals surface area (Å²) < 4.78 is 5.49. The van der Waals surface area contributed by atoms with Crippen molar-refractivity contribution in [2.75, 3.05) is 0 Å². The third kappa shape index (κ3) is 2.81. The van der Waals surface area contributed by atoms with Crippen molar-refractivity contribution in [1.29, 1.82) is 0 Å². The molecule has 0 fully saturated rings. The van der Waals surface area contributed by atoms with E-state index in [4.69, 9.17) is 4.42 Å². The molecule has 122 valence electrons. The molecule has 3 heteroatoms. The highest BCUT2D eigenvalue weighted by molar-refractivity contribution is 6.33. The second kappa shape index (κ2) is 5.95. The molecule has 0 saturated heterocycles. The van der Waals surface area contributed by atoms with Gasteiger partial charge >= 0.3 is 0 Å². The standard InChI is InChI=1S/C22H16O3/c1-14-6-8-16(9-7-14)21-13-17(22(24)25-21)12-19-18-5-3-2-4-15(18)10-11-20(19)23/h2-13,24H,1H3/b19-12-. The van der Waals surface area contributed by atoms with Crippen LogP contribution >= 0.6 is 0 Å². The first-order valence-electron chi connectivity index (χ1n) is 8.05. The van der Waals surface area contributed by atoms with Crippen molar-refractivity contribution < 1.29 is 14.3 Å². The SMILES string of the molecule is Cc1ccc(-c2cc(/C=C3\C(=O)C=Cc4ccccc43)c(O)o2)cc1. The van der Waals surface area contributed by atoms with Gasteiger partial charge in [0, 0.05) is 11.1 Å². The predicted molar refractivity (Wildman–Crippen MR) is 98.9 cm³/mol. The number of aryl methyl sites for hydroxylation is 1. The van der Waals surface area contributed by atoms with Crippen LogP contribution in [0.4, 0.5) is 0 Å². The quantitative estimate of drug-likeness (QED) is 0.666. The van der Waals surface area contributed by atoms with E-state index in [1.54, 1.807) is 18.2 Å². The van der Waals surface area contributed by atoms with Crippen molar-refractivity contribution in [3.8, 4) is 17.3 Å². The number of hydrogen-bond acceptors (Lipinski definition) is 3. The average molecular weight is 328 g/mol. The van der Waals surface area contributed by atoms with Gasteiger partial charge in [-0.05, 0) is 36.3 Å². The molecule has 2 aromatic carbocycles. The Morgan fingerprint density at radius 3 is 2.56 bits per heavy atom. The Balaban J connectivity index is 1.78. The fraction of sp³-hybridized carbons (Fsp3) is 0.0455. The zero-order valence-electron chi connectivity index (χ0n) is 13.7. The maximum Gasteiger partial charge on any atom is 0.289 e. The highest BCUT2D eigenvalue weighted by Crippen LogP contribution is 2.35. The van der Waals surface area contributed by atoms with Crippen molar-refractivity contribution in [3.63, 3.8) is 0 Å². The lowest BCUT2D eigenvalue weighted by atomic mass is 9.90. The highest BCUT2D eigenvalue weighted by Gasteiger charge is 2.19. The Kier molecular flexibility index (Phi) is 3.62. The van der Waals surface area contributed by atoms with Crippen LogP contribution in [0.5, 0.6) is 5.95 Å². The van der Waals surface area contributed by atoms with E-state index in [9.17, 15) is 9.90 Å². The molecule has 1 heterocycles. The van der Waals surface area contributed by atoms with Crippen LogP contribution in [0.1, 0.15) is 22.3 Å². The molecule has 1 aliphatic carbocycles. The molecule has 3 nitrogen and oxygen atoms in total. The van der Waals surface area contributed by atoms with E-state index in [-0.39, 0.29) is 11.7 Å².